The van der Waals surface area contributed by atoms with E-state index < -0.39 is 0 Å². The summed E-state index contributed by atoms with van der Waals surface area (Å²) in [6.07, 6.45) is 5.68. The van der Waals surface area contributed by atoms with Crippen LogP contribution in [0.15, 0.2) is 41.5 Å². The first-order valence-corrected chi connectivity index (χ1v) is 10.7. The van der Waals surface area contributed by atoms with Gasteiger partial charge in [-0.2, -0.15) is 0 Å². The van der Waals surface area contributed by atoms with Gasteiger partial charge >= 0.3 is 0 Å². The molecule has 1 fully saturated rings. The molecule has 0 unspecified atom stereocenters. The van der Waals surface area contributed by atoms with Crippen LogP contribution in [-0.2, 0) is 6.54 Å². The second-order valence-corrected chi connectivity index (χ2v) is 7.70. The summed E-state index contributed by atoms with van der Waals surface area (Å²) in [5.41, 5.74) is 1.31. The number of fused-ring (bicyclic) bond motifs is 1. The maximum atomic E-state index is 4.35. The average Bonchev–Trinajstić information content (AvgIpc) is 3.01. The molecule has 0 amide bonds. The molecule has 2 heterocycles. The van der Waals surface area contributed by atoms with Gasteiger partial charge in [0.15, 0.2) is 5.96 Å². The van der Waals surface area contributed by atoms with Crippen LogP contribution in [0.3, 0.4) is 0 Å². The lowest BCUT2D eigenvalue weighted by molar-refractivity contribution is 0.274. The van der Waals surface area contributed by atoms with Crippen molar-refractivity contribution >= 4 is 40.8 Å². The van der Waals surface area contributed by atoms with Crippen molar-refractivity contribution in [1.82, 2.24) is 25.0 Å². The number of aromatic nitrogens is 1. The van der Waals surface area contributed by atoms with Crippen LogP contribution in [0.4, 0.5) is 0 Å². The summed E-state index contributed by atoms with van der Waals surface area (Å²) in [6.45, 7) is 8.90. The Balaban J connectivity index is 0.00000300. The predicted octanol–water partition coefficient (Wildman–Crippen LogP) is 2.84. The van der Waals surface area contributed by atoms with E-state index >= 15 is 0 Å². The first-order chi connectivity index (χ1) is 13.8. The SMILES string of the molecule is CN=C(NCCCN1CCCN(C)CC1)NCCCn1ccc2ccccc21.I. The van der Waals surface area contributed by atoms with Crippen molar-refractivity contribution < 1.29 is 0 Å². The third-order valence-electron chi connectivity index (χ3n) is 5.53. The van der Waals surface area contributed by atoms with Crippen molar-refractivity contribution in [1.29, 1.82) is 0 Å². The molecule has 0 radical (unpaired) electrons. The molecule has 0 atom stereocenters. The maximum absolute atomic E-state index is 4.35. The molecule has 2 N–H and O–H groups in total. The summed E-state index contributed by atoms with van der Waals surface area (Å²) in [5, 5.41) is 8.20. The van der Waals surface area contributed by atoms with Gasteiger partial charge in [0.1, 0.15) is 0 Å². The number of likely N-dealkylation sites (N-methyl/N-ethyl adjacent to an activating group) is 1. The smallest absolute Gasteiger partial charge is 0.190 e. The molecule has 1 aliphatic rings. The molecule has 1 saturated heterocycles. The number of benzene rings is 1. The normalized spacial score (nSPS) is 16.4. The van der Waals surface area contributed by atoms with Gasteiger partial charge in [-0.05, 0) is 63.5 Å². The van der Waals surface area contributed by atoms with Crippen molar-refractivity contribution in [3.8, 4) is 0 Å². The zero-order chi connectivity index (χ0) is 19.6. The lowest BCUT2D eigenvalue weighted by Crippen LogP contribution is -2.39. The van der Waals surface area contributed by atoms with Gasteiger partial charge in [0, 0.05) is 51.5 Å². The van der Waals surface area contributed by atoms with Crippen LogP contribution in [0.25, 0.3) is 10.9 Å². The van der Waals surface area contributed by atoms with Crippen molar-refractivity contribution in [2.75, 3.05) is 59.9 Å². The van der Waals surface area contributed by atoms with Crippen molar-refractivity contribution in [3.05, 3.63) is 36.5 Å². The van der Waals surface area contributed by atoms with E-state index in [0.29, 0.717) is 0 Å². The number of rotatable bonds is 8. The van der Waals surface area contributed by atoms with Crippen LogP contribution in [0, 0.1) is 0 Å². The number of aryl methyl sites for hydroxylation is 1. The third kappa shape index (κ3) is 7.79. The quantitative estimate of drug-likeness (QED) is 0.247. The second-order valence-electron chi connectivity index (χ2n) is 7.70. The van der Waals surface area contributed by atoms with E-state index in [1.165, 1.54) is 50.0 Å². The van der Waals surface area contributed by atoms with Crippen molar-refractivity contribution in [3.63, 3.8) is 0 Å². The van der Waals surface area contributed by atoms with E-state index in [1.54, 1.807) is 0 Å². The summed E-state index contributed by atoms with van der Waals surface area (Å²) in [4.78, 5) is 9.37. The van der Waals surface area contributed by atoms with Gasteiger partial charge in [-0.3, -0.25) is 4.99 Å². The number of hydrogen-bond acceptors (Lipinski definition) is 3. The van der Waals surface area contributed by atoms with E-state index in [4.69, 9.17) is 0 Å². The van der Waals surface area contributed by atoms with Gasteiger partial charge < -0.3 is 25.0 Å². The molecule has 0 spiro atoms. The molecule has 29 heavy (non-hydrogen) atoms. The molecule has 162 valence electrons. The highest BCUT2D eigenvalue weighted by Gasteiger charge is 2.11. The Morgan fingerprint density at radius 1 is 0.966 bits per heavy atom. The Kier molecular flexibility index (Phi) is 10.8. The molecule has 2 aromatic rings. The summed E-state index contributed by atoms with van der Waals surface area (Å²) in [5.74, 6) is 0.910. The second kappa shape index (κ2) is 13.1. The highest BCUT2D eigenvalue weighted by Crippen LogP contribution is 2.15. The van der Waals surface area contributed by atoms with Crippen molar-refractivity contribution in [2.24, 2.45) is 4.99 Å². The lowest BCUT2D eigenvalue weighted by Gasteiger charge is -2.20. The van der Waals surface area contributed by atoms with Crippen LogP contribution in [0.2, 0.25) is 0 Å². The summed E-state index contributed by atoms with van der Waals surface area (Å²) >= 11 is 0. The first kappa shape index (κ1) is 24.0. The molecule has 7 heteroatoms. The monoisotopic (exact) mass is 512 g/mol. The molecular weight excluding hydrogens is 475 g/mol. The van der Waals surface area contributed by atoms with Gasteiger partial charge in [0.05, 0.1) is 0 Å². The largest absolute Gasteiger partial charge is 0.356 e. The zero-order valence-corrected chi connectivity index (χ0v) is 20.3. The number of nitrogens with zero attached hydrogens (tertiary/aromatic N) is 4. The Bertz CT molecular complexity index is 744. The highest BCUT2D eigenvalue weighted by molar-refractivity contribution is 14.0. The number of aliphatic imine (C=N–C) groups is 1. The van der Waals surface area contributed by atoms with Crippen LogP contribution in [-0.4, -0.2) is 80.2 Å². The standard InChI is InChI=1S/C22H36N6.HI/c1-23-22(24-11-5-14-27-15-7-13-26(2)18-19-27)25-12-6-16-28-17-10-20-8-3-4-9-21(20)28;/h3-4,8-10,17H,5-7,11-16,18-19H2,1-2H3,(H2,23,24,25);1H. The van der Waals surface area contributed by atoms with Crippen LogP contribution >= 0.6 is 24.0 Å². The predicted molar refractivity (Wildman–Crippen MR) is 135 cm³/mol. The Labute approximate surface area is 192 Å². The van der Waals surface area contributed by atoms with Gasteiger partial charge in [-0.1, -0.05) is 18.2 Å². The minimum Gasteiger partial charge on any atom is -0.356 e. The fraction of sp³-hybridized carbons (Fsp3) is 0.591. The number of nitrogens with one attached hydrogen (secondary N) is 2. The average molecular weight is 512 g/mol. The topological polar surface area (TPSA) is 47.8 Å². The molecule has 3 rings (SSSR count). The third-order valence-corrected chi connectivity index (χ3v) is 5.53. The van der Waals surface area contributed by atoms with Gasteiger partial charge in [0.25, 0.3) is 0 Å². The van der Waals surface area contributed by atoms with Crippen LogP contribution < -0.4 is 10.6 Å². The first-order valence-electron chi connectivity index (χ1n) is 10.7. The summed E-state index contributed by atoms with van der Waals surface area (Å²) in [7, 11) is 4.07. The van der Waals surface area contributed by atoms with Gasteiger partial charge in [0.2, 0.25) is 0 Å². The Morgan fingerprint density at radius 2 is 1.72 bits per heavy atom. The molecule has 1 aromatic carbocycles. The minimum atomic E-state index is 0. The maximum Gasteiger partial charge on any atom is 0.190 e. The molecule has 1 aliphatic heterocycles. The van der Waals surface area contributed by atoms with E-state index in [9.17, 15) is 0 Å². The minimum absolute atomic E-state index is 0. The summed E-state index contributed by atoms with van der Waals surface area (Å²) < 4.78 is 2.33. The van der Waals surface area contributed by atoms with E-state index in [2.05, 4.69) is 73.6 Å². The van der Waals surface area contributed by atoms with E-state index in [1.807, 2.05) is 7.05 Å². The van der Waals surface area contributed by atoms with Gasteiger partial charge in [-0.25, -0.2) is 0 Å². The van der Waals surface area contributed by atoms with Crippen LogP contribution in [0.1, 0.15) is 19.3 Å². The molecular formula is C22H37IN6. The highest BCUT2D eigenvalue weighted by atomic mass is 127. The number of para-hydroxylation sites is 1. The molecule has 0 aliphatic carbocycles. The molecule has 0 bridgehead atoms. The molecule has 0 saturated carbocycles. The van der Waals surface area contributed by atoms with E-state index in [0.717, 1.165) is 38.4 Å². The number of guanidine groups is 1. The van der Waals surface area contributed by atoms with E-state index in [-0.39, 0.29) is 24.0 Å². The molecule has 1 aromatic heterocycles. The molecule has 6 nitrogen and oxygen atoms in total. The van der Waals surface area contributed by atoms with Crippen LogP contribution in [0.5, 0.6) is 0 Å². The number of hydrogen-bond donors (Lipinski definition) is 2. The summed E-state index contributed by atoms with van der Waals surface area (Å²) in [6, 6.07) is 10.7. The Hall–Kier alpha value is -1.32. The fourth-order valence-corrected chi connectivity index (χ4v) is 3.85. The van der Waals surface area contributed by atoms with Crippen molar-refractivity contribution in [2.45, 2.75) is 25.8 Å². The number of halogens is 1. The van der Waals surface area contributed by atoms with Gasteiger partial charge in [-0.15, -0.1) is 24.0 Å². The lowest BCUT2D eigenvalue weighted by atomic mass is 10.2. The Morgan fingerprint density at radius 3 is 2.52 bits per heavy atom. The zero-order valence-electron chi connectivity index (χ0n) is 17.9. The fourth-order valence-electron chi connectivity index (χ4n) is 3.85.